The van der Waals surface area contributed by atoms with Crippen molar-refractivity contribution in [2.75, 3.05) is 19.6 Å². The van der Waals surface area contributed by atoms with Crippen molar-refractivity contribution in [3.8, 4) is 11.4 Å². The van der Waals surface area contributed by atoms with E-state index in [4.69, 9.17) is 4.42 Å². The average Bonchev–Trinajstić information content (AvgIpc) is 1.73. The Morgan fingerprint density at radius 3 is 1.11 bits per heavy atom. The predicted octanol–water partition coefficient (Wildman–Crippen LogP) is 30.6. The maximum absolute atomic E-state index is 6.25. The number of rotatable bonds is 14. The molecular formula is C106H74N6OS. The molecular weight excluding hydrogens is 1410 g/mol. The molecule has 0 saturated carbocycles. The summed E-state index contributed by atoms with van der Waals surface area (Å²) in [5.41, 5.74) is 24.5. The predicted molar refractivity (Wildman–Crippen MR) is 485 cm³/mol. The van der Waals surface area contributed by atoms with Gasteiger partial charge in [-0.15, -0.1) is 11.3 Å². The molecule has 114 heavy (non-hydrogen) atoms. The van der Waals surface area contributed by atoms with Gasteiger partial charge in [-0.1, -0.05) is 206 Å². The monoisotopic (exact) mass is 1480 g/mol. The van der Waals surface area contributed by atoms with Crippen LogP contribution in [-0.4, -0.2) is 9.13 Å². The molecule has 0 aliphatic heterocycles. The normalized spacial score (nSPS) is 11.6. The van der Waals surface area contributed by atoms with E-state index >= 15 is 0 Å². The van der Waals surface area contributed by atoms with E-state index in [0.29, 0.717) is 0 Å². The van der Waals surface area contributed by atoms with Crippen LogP contribution in [0.15, 0.2) is 417 Å². The molecule has 4 aromatic heterocycles. The SMILES string of the molecule is Cc1cc(N(c2ccc3ccccc3c2)c2ccc3oc4ccccc4c3c2)ccc1N(c1ccc2ccccc2c1)c1ccc2sc3ccccc3c2c1.Cc1cc(N(c2ccccc2)c2ccc3c(c2)c2ccccc2n3-c2ccccc2)ccc1N(c1ccccc1)c1ccc2c(c1)c1ccccc1n2-c1ccccc1. The van der Waals surface area contributed by atoms with Crippen LogP contribution in [0.3, 0.4) is 0 Å². The molecule has 0 atom stereocenters. The summed E-state index contributed by atoms with van der Waals surface area (Å²) in [6.07, 6.45) is 0. The third-order valence-corrected chi connectivity index (χ3v) is 23.6. The van der Waals surface area contributed by atoms with Gasteiger partial charge in [0.15, 0.2) is 0 Å². The number of nitrogens with zero attached hydrogens (tertiary/aromatic N) is 6. The van der Waals surface area contributed by atoms with E-state index in [1.54, 1.807) is 0 Å². The van der Waals surface area contributed by atoms with Crippen LogP contribution >= 0.6 is 11.3 Å². The molecule has 0 unspecified atom stereocenters. The van der Waals surface area contributed by atoms with Crippen LogP contribution in [0.25, 0.3) is 119 Å². The van der Waals surface area contributed by atoms with Crippen molar-refractivity contribution < 1.29 is 4.42 Å². The molecule has 0 bridgehead atoms. The van der Waals surface area contributed by atoms with Gasteiger partial charge >= 0.3 is 0 Å². The van der Waals surface area contributed by atoms with Crippen LogP contribution in [0.5, 0.6) is 0 Å². The van der Waals surface area contributed by atoms with Gasteiger partial charge in [-0.2, -0.15) is 0 Å². The summed E-state index contributed by atoms with van der Waals surface area (Å²) < 4.78 is 13.6. The number of benzene rings is 18. The molecule has 4 heterocycles. The first-order valence-corrected chi connectivity index (χ1v) is 39.7. The van der Waals surface area contributed by atoms with Crippen LogP contribution in [0.1, 0.15) is 11.1 Å². The van der Waals surface area contributed by atoms with Gasteiger partial charge in [0.1, 0.15) is 11.2 Å². The first kappa shape index (κ1) is 67.4. The molecule has 0 aliphatic rings. The smallest absolute Gasteiger partial charge is 0.135 e. The van der Waals surface area contributed by atoms with Gasteiger partial charge in [0.2, 0.25) is 0 Å². The van der Waals surface area contributed by atoms with E-state index in [9.17, 15) is 0 Å². The minimum atomic E-state index is 0.885. The van der Waals surface area contributed by atoms with E-state index in [1.807, 2.05) is 23.5 Å². The molecule has 0 amide bonds. The molecule has 22 aromatic rings. The Hall–Kier alpha value is -14.7. The Morgan fingerprint density at radius 1 is 0.211 bits per heavy atom. The lowest BCUT2D eigenvalue weighted by atomic mass is 10.0. The highest BCUT2D eigenvalue weighted by atomic mass is 32.1. The van der Waals surface area contributed by atoms with Crippen molar-refractivity contribution in [2.24, 2.45) is 0 Å². The number of aryl methyl sites for hydroxylation is 2. The van der Waals surface area contributed by atoms with Crippen LogP contribution in [0.2, 0.25) is 0 Å². The van der Waals surface area contributed by atoms with E-state index in [2.05, 4.69) is 443 Å². The molecule has 0 N–H and O–H groups in total. The molecule has 22 rings (SSSR count). The first-order chi connectivity index (χ1) is 56.3. The van der Waals surface area contributed by atoms with Gasteiger partial charge in [0, 0.05) is 132 Å². The zero-order chi connectivity index (χ0) is 75.7. The van der Waals surface area contributed by atoms with Gasteiger partial charge < -0.3 is 33.2 Å². The highest BCUT2D eigenvalue weighted by molar-refractivity contribution is 7.25. The summed E-state index contributed by atoms with van der Waals surface area (Å²) in [6, 6.07) is 149. The van der Waals surface area contributed by atoms with Crippen LogP contribution < -0.4 is 19.6 Å². The summed E-state index contributed by atoms with van der Waals surface area (Å²) in [5.74, 6) is 0. The maximum Gasteiger partial charge on any atom is 0.135 e. The Morgan fingerprint density at radius 2 is 0.553 bits per heavy atom. The van der Waals surface area contributed by atoms with Gasteiger partial charge in [0.25, 0.3) is 0 Å². The quantitative estimate of drug-likeness (QED) is 0.108. The fourth-order valence-electron chi connectivity index (χ4n) is 17.2. The number of fused-ring (bicyclic) bond motifs is 14. The second-order valence-corrected chi connectivity index (χ2v) is 30.4. The lowest BCUT2D eigenvalue weighted by molar-refractivity contribution is 0.669. The molecule has 0 aliphatic carbocycles. The number of para-hydroxylation sites is 7. The zero-order valence-electron chi connectivity index (χ0n) is 62.8. The average molecular weight is 1480 g/mol. The minimum Gasteiger partial charge on any atom is -0.456 e. The Kier molecular flexibility index (Phi) is 16.7. The molecule has 540 valence electrons. The number of furan rings is 1. The fourth-order valence-corrected chi connectivity index (χ4v) is 18.3. The largest absolute Gasteiger partial charge is 0.456 e. The zero-order valence-corrected chi connectivity index (χ0v) is 63.6. The first-order valence-electron chi connectivity index (χ1n) is 38.9. The van der Waals surface area contributed by atoms with Crippen molar-refractivity contribution in [1.82, 2.24) is 9.13 Å². The van der Waals surface area contributed by atoms with Crippen molar-refractivity contribution in [2.45, 2.75) is 13.8 Å². The third-order valence-electron chi connectivity index (χ3n) is 22.5. The molecule has 8 heteroatoms. The maximum atomic E-state index is 6.25. The summed E-state index contributed by atoms with van der Waals surface area (Å²) in [5, 5.41) is 14.6. The second-order valence-electron chi connectivity index (χ2n) is 29.4. The molecule has 0 saturated heterocycles. The molecule has 18 aromatic carbocycles. The fraction of sp³-hybridized carbons (Fsp3) is 0.0189. The molecule has 0 radical (unpaired) electrons. The highest BCUT2D eigenvalue weighted by Crippen LogP contribution is 2.49. The second kappa shape index (κ2) is 28.3. The number of hydrogen-bond acceptors (Lipinski definition) is 6. The van der Waals surface area contributed by atoms with E-state index in [1.165, 1.54) is 96.5 Å². The lowest BCUT2D eigenvalue weighted by Crippen LogP contribution is -2.13. The summed E-state index contributed by atoms with van der Waals surface area (Å²) in [7, 11) is 0. The summed E-state index contributed by atoms with van der Waals surface area (Å²) >= 11 is 1.85. The van der Waals surface area contributed by atoms with Gasteiger partial charge in [-0.05, 0) is 253 Å². The van der Waals surface area contributed by atoms with Crippen molar-refractivity contribution in [3.05, 3.63) is 424 Å². The standard InChI is InChI=1S/C55H40N4.C51H34N2OS/c1-39-36-44(56(40-18-6-2-7-19-40)45-31-34-54-49(37-45)47-26-14-16-28-52(47)58(54)42-22-10-4-11-23-42)30-33-51(39)57(41-20-8-3-9-21-41)46-32-35-55-50(38-46)48-27-15-17-29-53(48)59(55)43-24-12-5-13-25-43;1-33-28-38(52(39-20-18-34-10-2-4-12-36(34)29-39)41-23-26-49-45(31-41)43-14-6-8-16-48(43)54-49)22-25-47(33)53(40-21-19-35-11-3-5-13-37(35)30-40)42-24-27-51-46(32-42)44-15-7-9-17-50(44)55-51/h2-38H,1H3;2-32H,1H3. The summed E-state index contributed by atoms with van der Waals surface area (Å²) in [4.78, 5) is 9.56. The summed E-state index contributed by atoms with van der Waals surface area (Å²) in [6.45, 7) is 4.46. The molecule has 0 fully saturated rings. The Bertz CT molecular complexity index is 7430. The van der Waals surface area contributed by atoms with Gasteiger partial charge in [-0.25, -0.2) is 0 Å². The topological polar surface area (TPSA) is 36.0 Å². The number of hydrogen-bond donors (Lipinski definition) is 0. The van der Waals surface area contributed by atoms with Crippen molar-refractivity contribution in [1.29, 1.82) is 0 Å². The lowest BCUT2D eigenvalue weighted by Gasteiger charge is -2.30. The highest BCUT2D eigenvalue weighted by Gasteiger charge is 2.25. The van der Waals surface area contributed by atoms with Crippen LogP contribution in [-0.2, 0) is 0 Å². The molecule has 7 nitrogen and oxygen atoms in total. The van der Waals surface area contributed by atoms with E-state index in [-0.39, 0.29) is 0 Å². The Labute approximate surface area is 664 Å². The minimum absolute atomic E-state index is 0.885. The van der Waals surface area contributed by atoms with Crippen molar-refractivity contribution >= 4 is 187 Å². The van der Waals surface area contributed by atoms with E-state index in [0.717, 1.165) is 102 Å². The number of thiophene rings is 1. The van der Waals surface area contributed by atoms with Gasteiger partial charge in [0.05, 0.1) is 22.1 Å². The van der Waals surface area contributed by atoms with Gasteiger partial charge in [-0.3, -0.25) is 0 Å². The molecule has 0 spiro atoms. The number of aromatic nitrogens is 2. The van der Waals surface area contributed by atoms with E-state index < -0.39 is 0 Å². The van der Waals surface area contributed by atoms with Crippen LogP contribution in [0.4, 0.5) is 68.2 Å². The van der Waals surface area contributed by atoms with Crippen molar-refractivity contribution in [3.63, 3.8) is 0 Å². The Balaban J connectivity index is 0.000000144. The number of anilines is 12. The third kappa shape index (κ3) is 11.9. The van der Waals surface area contributed by atoms with Crippen LogP contribution in [0, 0.1) is 13.8 Å².